The summed E-state index contributed by atoms with van der Waals surface area (Å²) in [7, 11) is 3.22. The summed E-state index contributed by atoms with van der Waals surface area (Å²) >= 11 is 0. The number of aryl methyl sites for hydroxylation is 1. The van der Waals surface area contributed by atoms with Gasteiger partial charge in [-0.3, -0.25) is 0 Å². The third-order valence-electron chi connectivity index (χ3n) is 2.69. The minimum absolute atomic E-state index is 0.594. The molecule has 0 heterocycles. The molecule has 2 rings (SSSR count). The van der Waals surface area contributed by atoms with E-state index in [2.05, 4.69) is 0 Å². The number of benzene rings is 2. The van der Waals surface area contributed by atoms with Crippen molar-refractivity contribution in [2.45, 2.75) is 6.92 Å². The lowest BCUT2D eigenvalue weighted by Crippen LogP contribution is -1.95. The van der Waals surface area contributed by atoms with E-state index in [0.717, 1.165) is 11.3 Å². The highest BCUT2D eigenvalue weighted by Crippen LogP contribution is 2.40. The lowest BCUT2D eigenvalue weighted by Gasteiger charge is -2.14. The third kappa shape index (κ3) is 2.40. The van der Waals surface area contributed by atoms with Crippen molar-refractivity contribution in [2.75, 3.05) is 14.2 Å². The van der Waals surface area contributed by atoms with Gasteiger partial charge >= 0.3 is 0 Å². The Morgan fingerprint density at radius 2 is 1.28 bits per heavy atom. The molecule has 0 aliphatic heterocycles. The molecule has 0 saturated heterocycles. The molecule has 94 valence electrons. The fourth-order valence-corrected chi connectivity index (χ4v) is 1.70. The first-order chi connectivity index (χ1) is 8.76. The Labute approximate surface area is 107 Å². The summed E-state index contributed by atoms with van der Waals surface area (Å²) in [6, 6.07) is 13.4. The normalized spacial score (nSPS) is 9.94. The molecule has 0 bridgehead atoms. The predicted octanol–water partition coefficient (Wildman–Crippen LogP) is 3.80. The molecule has 0 atom stereocenters. The summed E-state index contributed by atoms with van der Waals surface area (Å²) in [4.78, 5) is 0. The van der Waals surface area contributed by atoms with Crippen LogP contribution in [-0.2, 0) is 0 Å². The summed E-state index contributed by atoms with van der Waals surface area (Å²) < 4.78 is 16.5. The smallest absolute Gasteiger partial charge is 0.211 e. The molecule has 18 heavy (non-hydrogen) atoms. The van der Waals surface area contributed by atoms with Gasteiger partial charge in [-0.15, -0.1) is 0 Å². The molecular formula is C15H16O3. The molecule has 0 amide bonds. The first-order valence-corrected chi connectivity index (χ1v) is 5.70. The van der Waals surface area contributed by atoms with E-state index in [1.165, 1.54) is 0 Å². The first-order valence-electron chi connectivity index (χ1n) is 5.70. The molecule has 0 saturated carbocycles. The second kappa shape index (κ2) is 5.45. The average molecular weight is 244 g/mol. The molecule has 0 spiro atoms. The minimum Gasteiger partial charge on any atom is -0.493 e. The van der Waals surface area contributed by atoms with Crippen LogP contribution in [0.3, 0.4) is 0 Å². The number of ether oxygens (including phenoxy) is 3. The number of para-hydroxylation sites is 2. The highest BCUT2D eigenvalue weighted by molar-refractivity contribution is 5.53. The van der Waals surface area contributed by atoms with Crippen LogP contribution in [0.4, 0.5) is 0 Å². The van der Waals surface area contributed by atoms with E-state index in [0.29, 0.717) is 17.2 Å². The van der Waals surface area contributed by atoms with Crippen molar-refractivity contribution >= 4 is 0 Å². The van der Waals surface area contributed by atoms with Crippen molar-refractivity contribution in [3.8, 4) is 23.0 Å². The monoisotopic (exact) mass is 244 g/mol. The molecule has 0 N–H and O–H groups in total. The van der Waals surface area contributed by atoms with Gasteiger partial charge in [0.25, 0.3) is 0 Å². The van der Waals surface area contributed by atoms with E-state index < -0.39 is 0 Å². The van der Waals surface area contributed by atoms with E-state index in [4.69, 9.17) is 14.2 Å². The van der Waals surface area contributed by atoms with E-state index in [1.54, 1.807) is 14.2 Å². The van der Waals surface area contributed by atoms with Crippen molar-refractivity contribution < 1.29 is 14.2 Å². The topological polar surface area (TPSA) is 27.7 Å². The number of hydrogen-bond donors (Lipinski definition) is 0. The maximum absolute atomic E-state index is 5.90. The number of rotatable bonds is 4. The van der Waals surface area contributed by atoms with Crippen LogP contribution in [0.2, 0.25) is 0 Å². The standard InChI is InChI=1S/C15H16O3/c1-11-7-4-5-8-12(11)18-15-13(16-2)9-6-10-14(15)17-3/h4-10H,1-3H3. The molecular weight excluding hydrogens is 228 g/mol. The Morgan fingerprint density at radius 3 is 1.83 bits per heavy atom. The number of hydrogen-bond acceptors (Lipinski definition) is 3. The molecule has 0 aliphatic carbocycles. The Morgan fingerprint density at radius 1 is 0.722 bits per heavy atom. The summed E-state index contributed by atoms with van der Waals surface area (Å²) in [5, 5.41) is 0. The second-order valence-corrected chi connectivity index (χ2v) is 3.86. The Hall–Kier alpha value is -2.16. The largest absolute Gasteiger partial charge is 0.493 e. The molecule has 3 heteroatoms. The quantitative estimate of drug-likeness (QED) is 0.818. The highest BCUT2D eigenvalue weighted by atomic mass is 16.5. The van der Waals surface area contributed by atoms with Gasteiger partial charge in [0, 0.05) is 0 Å². The zero-order valence-electron chi connectivity index (χ0n) is 10.8. The van der Waals surface area contributed by atoms with Gasteiger partial charge in [-0.05, 0) is 30.7 Å². The van der Waals surface area contributed by atoms with Gasteiger partial charge in [-0.1, -0.05) is 24.3 Å². The first kappa shape index (κ1) is 12.3. The highest BCUT2D eigenvalue weighted by Gasteiger charge is 2.12. The second-order valence-electron chi connectivity index (χ2n) is 3.86. The third-order valence-corrected chi connectivity index (χ3v) is 2.69. The van der Waals surface area contributed by atoms with Gasteiger partial charge in [0.05, 0.1) is 14.2 Å². The van der Waals surface area contributed by atoms with Crippen molar-refractivity contribution in [1.29, 1.82) is 0 Å². The van der Waals surface area contributed by atoms with Gasteiger partial charge in [0.1, 0.15) is 5.75 Å². The van der Waals surface area contributed by atoms with Crippen molar-refractivity contribution in [2.24, 2.45) is 0 Å². The molecule has 0 aliphatic rings. The van der Waals surface area contributed by atoms with Crippen LogP contribution in [0.25, 0.3) is 0 Å². The van der Waals surface area contributed by atoms with Crippen LogP contribution in [0.15, 0.2) is 42.5 Å². The SMILES string of the molecule is COc1cccc(OC)c1Oc1ccccc1C. The molecule has 3 nitrogen and oxygen atoms in total. The Kier molecular flexibility index (Phi) is 3.72. The molecule has 2 aromatic carbocycles. The predicted molar refractivity (Wildman–Crippen MR) is 70.8 cm³/mol. The number of methoxy groups -OCH3 is 2. The summed E-state index contributed by atoms with van der Waals surface area (Å²) in [6.07, 6.45) is 0. The van der Waals surface area contributed by atoms with Gasteiger partial charge in [0.2, 0.25) is 5.75 Å². The summed E-state index contributed by atoms with van der Waals surface area (Å²) in [6.45, 7) is 2.00. The summed E-state index contributed by atoms with van der Waals surface area (Å²) in [5.41, 5.74) is 1.06. The summed E-state index contributed by atoms with van der Waals surface area (Å²) in [5.74, 6) is 2.69. The van der Waals surface area contributed by atoms with Crippen LogP contribution < -0.4 is 14.2 Å². The molecule has 0 aromatic heterocycles. The molecule has 0 unspecified atom stereocenters. The van der Waals surface area contributed by atoms with E-state index in [9.17, 15) is 0 Å². The molecule has 2 aromatic rings. The van der Waals surface area contributed by atoms with Gasteiger partial charge in [0.15, 0.2) is 11.5 Å². The maximum Gasteiger partial charge on any atom is 0.211 e. The Bertz CT molecular complexity index is 513. The van der Waals surface area contributed by atoms with Crippen molar-refractivity contribution in [3.05, 3.63) is 48.0 Å². The molecule has 0 radical (unpaired) electrons. The van der Waals surface area contributed by atoms with E-state index in [1.807, 2.05) is 49.4 Å². The Balaban J connectivity index is 2.42. The lowest BCUT2D eigenvalue weighted by atomic mass is 10.2. The van der Waals surface area contributed by atoms with Crippen LogP contribution >= 0.6 is 0 Å². The van der Waals surface area contributed by atoms with E-state index in [-0.39, 0.29) is 0 Å². The fraction of sp³-hybridized carbons (Fsp3) is 0.200. The average Bonchev–Trinajstić information content (AvgIpc) is 2.41. The minimum atomic E-state index is 0.594. The fourth-order valence-electron chi connectivity index (χ4n) is 1.70. The molecule has 0 fully saturated rings. The van der Waals surface area contributed by atoms with Gasteiger partial charge in [-0.2, -0.15) is 0 Å². The van der Waals surface area contributed by atoms with Crippen LogP contribution in [0.1, 0.15) is 5.56 Å². The van der Waals surface area contributed by atoms with Crippen molar-refractivity contribution in [3.63, 3.8) is 0 Å². The van der Waals surface area contributed by atoms with Crippen molar-refractivity contribution in [1.82, 2.24) is 0 Å². The van der Waals surface area contributed by atoms with Gasteiger partial charge in [-0.25, -0.2) is 0 Å². The zero-order valence-corrected chi connectivity index (χ0v) is 10.8. The van der Waals surface area contributed by atoms with Crippen LogP contribution in [-0.4, -0.2) is 14.2 Å². The maximum atomic E-state index is 5.90. The van der Waals surface area contributed by atoms with Gasteiger partial charge < -0.3 is 14.2 Å². The van der Waals surface area contributed by atoms with E-state index >= 15 is 0 Å². The van der Waals surface area contributed by atoms with Crippen LogP contribution in [0, 0.1) is 6.92 Å². The van der Waals surface area contributed by atoms with Crippen LogP contribution in [0.5, 0.6) is 23.0 Å². The zero-order chi connectivity index (χ0) is 13.0. The lowest BCUT2D eigenvalue weighted by molar-refractivity contribution is 0.345.